The highest BCUT2D eigenvalue weighted by molar-refractivity contribution is 7.09. The number of aliphatic imine (C=N–C) groups is 1. The molecule has 0 saturated carbocycles. The van der Waals surface area contributed by atoms with Crippen LogP contribution in [0.4, 0.5) is 5.13 Å². The predicted octanol–water partition coefficient (Wildman–Crippen LogP) is 2.18. The van der Waals surface area contributed by atoms with Crippen LogP contribution in [0.3, 0.4) is 0 Å². The third-order valence-corrected chi connectivity index (χ3v) is 5.25. The fourth-order valence-corrected chi connectivity index (χ4v) is 3.77. The number of nitrogens with one attached hydrogen (secondary N) is 1. The standard InChI is InChI=1S/C19H29N7OS/c1-5-16-23-19(28-24-16)26-10-8-25(9-11-26)18(20-4)22-13-15-6-7-17(21-12-15)27-14(2)3/h6-7,12,14H,5,8-11,13H2,1-4H3,(H,20,22). The van der Waals surface area contributed by atoms with Crippen LogP contribution in [-0.2, 0) is 13.0 Å². The maximum atomic E-state index is 5.59. The summed E-state index contributed by atoms with van der Waals surface area (Å²) in [6.45, 7) is 10.4. The minimum Gasteiger partial charge on any atom is -0.475 e. The van der Waals surface area contributed by atoms with Crippen LogP contribution in [0.2, 0.25) is 0 Å². The number of piperazine rings is 1. The van der Waals surface area contributed by atoms with Gasteiger partial charge in [0, 0.05) is 70.0 Å². The van der Waals surface area contributed by atoms with Crippen molar-refractivity contribution < 1.29 is 4.74 Å². The smallest absolute Gasteiger partial charge is 0.213 e. The zero-order chi connectivity index (χ0) is 19.9. The quantitative estimate of drug-likeness (QED) is 0.585. The summed E-state index contributed by atoms with van der Waals surface area (Å²) in [6, 6.07) is 3.94. The SMILES string of the molecule is CCc1nsc(N2CCN(C(=NC)NCc3ccc(OC(C)C)nc3)CC2)n1. The Morgan fingerprint density at radius 2 is 2.07 bits per heavy atom. The maximum absolute atomic E-state index is 5.59. The van der Waals surface area contributed by atoms with Gasteiger partial charge in [0.15, 0.2) is 5.96 Å². The van der Waals surface area contributed by atoms with Crippen LogP contribution in [0.15, 0.2) is 23.3 Å². The monoisotopic (exact) mass is 403 g/mol. The molecule has 0 bridgehead atoms. The molecule has 1 fully saturated rings. The summed E-state index contributed by atoms with van der Waals surface area (Å²) < 4.78 is 9.98. The highest BCUT2D eigenvalue weighted by atomic mass is 32.1. The second-order valence-electron chi connectivity index (χ2n) is 6.89. The van der Waals surface area contributed by atoms with Crippen molar-refractivity contribution in [3.63, 3.8) is 0 Å². The van der Waals surface area contributed by atoms with Crippen molar-refractivity contribution in [1.29, 1.82) is 0 Å². The van der Waals surface area contributed by atoms with Crippen molar-refractivity contribution in [3.8, 4) is 5.88 Å². The third kappa shape index (κ3) is 5.31. The molecule has 0 spiro atoms. The van der Waals surface area contributed by atoms with Crippen LogP contribution in [0.25, 0.3) is 0 Å². The van der Waals surface area contributed by atoms with Gasteiger partial charge in [-0.15, -0.1) is 0 Å². The molecule has 0 unspecified atom stereocenters. The highest BCUT2D eigenvalue weighted by Gasteiger charge is 2.22. The Bertz CT molecular complexity index is 767. The van der Waals surface area contributed by atoms with Crippen molar-refractivity contribution in [2.75, 3.05) is 38.1 Å². The van der Waals surface area contributed by atoms with Gasteiger partial charge in [-0.2, -0.15) is 4.37 Å². The summed E-state index contributed by atoms with van der Waals surface area (Å²) in [5.41, 5.74) is 1.09. The van der Waals surface area contributed by atoms with Gasteiger partial charge in [0.05, 0.1) is 6.10 Å². The molecule has 28 heavy (non-hydrogen) atoms. The number of anilines is 1. The van der Waals surface area contributed by atoms with Gasteiger partial charge < -0.3 is 19.9 Å². The Hall–Kier alpha value is -2.42. The van der Waals surface area contributed by atoms with Crippen molar-refractivity contribution >= 4 is 22.6 Å². The molecule has 152 valence electrons. The van der Waals surface area contributed by atoms with Crippen molar-refractivity contribution in [1.82, 2.24) is 24.6 Å². The molecule has 0 atom stereocenters. The molecule has 0 radical (unpaired) electrons. The summed E-state index contributed by atoms with van der Waals surface area (Å²) in [4.78, 5) is 18.0. The summed E-state index contributed by atoms with van der Waals surface area (Å²) in [5, 5.41) is 4.46. The Kier molecular flexibility index (Phi) is 7.02. The molecule has 1 aliphatic heterocycles. The summed E-state index contributed by atoms with van der Waals surface area (Å²) in [6.07, 6.45) is 2.85. The van der Waals surface area contributed by atoms with E-state index < -0.39 is 0 Å². The topological polar surface area (TPSA) is 78.8 Å². The molecule has 2 aromatic heterocycles. The summed E-state index contributed by atoms with van der Waals surface area (Å²) >= 11 is 1.49. The molecule has 0 amide bonds. The number of aromatic nitrogens is 3. The molecule has 2 aromatic rings. The molecule has 3 heterocycles. The van der Waals surface area contributed by atoms with Crippen LogP contribution >= 0.6 is 11.5 Å². The van der Waals surface area contributed by atoms with Gasteiger partial charge in [0.1, 0.15) is 5.82 Å². The second-order valence-corrected chi connectivity index (χ2v) is 7.62. The van der Waals surface area contributed by atoms with Gasteiger partial charge in [-0.25, -0.2) is 9.97 Å². The Morgan fingerprint density at radius 1 is 1.29 bits per heavy atom. The Balaban J connectivity index is 1.49. The number of pyridine rings is 1. The van der Waals surface area contributed by atoms with Gasteiger partial charge >= 0.3 is 0 Å². The molecule has 0 aliphatic carbocycles. The lowest BCUT2D eigenvalue weighted by Gasteiger charge is -2.36. The Labute approximate surface area is 170 Å². The second kappa shape index (κ2) is 9.68. The lowest BCUT2D eigenvalue weighted by molar-refractivity contribution is 0.232. The average molecular weight is 404 g/mol. The first-order chi connectivity index (χ1) is 13.6. The van der Waals surface area contributed by atoms with E-state index in [0.717, 1.165) is 55.1 Å². The first-order valence-corrected chi connectivity index (χ1v) is 10.5. The molecule has 1 N–H and O–H groups in total. The molecule has 3 rings (SSSR count). The molecule has 1 aliphatic rings. The molecule has 9 heteroatoms. The minimum atomic E-state index is 0.127. The highest BCUT2D eigenvalue weighted by Crippen LogP contribution is 2.19. The van der Waals surface area contributed by atoms with E-state index in [2.05, 4.69) is 41.4 Å². The van der Waals surface area contributed by atoms with Crippen LogP contribution in [-0.4, -0.2) is 64.5 Å². The van der Waals surface area contributed by atoms with Gasteiger partial charge in [-0.3, -0.25) is 4.99 Å². The molecular formula is C19H29N7OS. The van der Waals surface area contributed by atoms with Crippen LogP contribution in [0, 0.1) is 0 Å². The van der Waals surface area contributed by atoms with Crippen LogP contribution in [0.5, 0.6) is 5.88 Å². The summed E-state index contributed by atoms with van der Waals surface area (Å²) in [5.74, 6) is 2.49. The van der Waals surface area contributed by atoms with Gasteiger partial charge in [-0.05, 0) is 19.4 Å². The number of guanidine groups is 1. The van der Waals surface area contributed by atoms with Gasteiger partial charge in [0.25, 0.3) is 0 Å². The van der Waals surface area contributed by atoms with Crippen LogP contribution in [0.1, 0.15) is 32.2 Å². The number of rotatable bonds is 6. The van der Waals surface area contributed by atoms with Gasteiger partial charge in [-0.1, -0.05) is 13.0 Å². The number of hydrogen-bond acceptors (Lipinski definition) is 7. The molecular weight excluding hydrogens is 374 g/mol. The van der Waals surface area contributed by atoms with E-state index in [9.17, 15) is 0 Å². The van der Waals surface area contributed by atoms with Gasteiger partial charge in [0.2, 0.25) is 11.0 Å². The maximum Gasteiger partial charge on any atom is 0.213 e. The zero-order valence-electron chi connectivity index (χ0n) is 17.1. The largest absolute Gasteiger partial charge is 0.475 e. The van der Waals surface area contributed by atoms with E-state index in [0.29, 0.717) is 12.4 Å². The number of nitrogens with zero attached hydrogens (tertiary/aromatic N) is 6. The van der Waals surface area contributed by atoms with E-state index in [1.54, 1.807) is 0 Å². The predicted molar refractivity (Wildman–Crippen MR) is 113 cm³/mol. The number of aryl methyl sites for hydroxylation is 1. The lowest BCUT2D eigenvalue weighted by atomic mass is 10.3. The van der Waals surface area contributed by atoms with Crippen molar-refractivity contribution in [2.24, 2.45) is 4.99 Å². The molecule has 1 saturated heterocycles. The zero-order valence-corrected chi connectivity index (χ0v) is 17.9. The van der Waals surface area contributed by atoms with E-state index in [1.807, 2.05) is 39.2 Å². The number of ether oxygens (including phenoxy) is 1. The fourth-order valence-electron chi connectivity index (χ4n) is 2.97. The summed E-state index contributed by atoms with van der Waals surface area (Å²) in [7, 11) is 1.82. The molecule has 0 aromatic carbocycles. The van der Waals surface area contributed by atoms with Crippen LogP contribution < -0.4 is 15.0 Å². The van der Waals surface area contributed by atoms with Crippen molar-refractivity contribution in [2.45, 2.75) is 39.8 Å². The average Bonchev–Trinajstić information content (AvgIpc) is 3.19. The first kappa shape index (κ1) is 20.3. The van der Waals surface area contributed by atoms with E-state index in [-0.39, 0.29) is 6.10 Å². The van der Waals surface area contributed by atoms with E-state index >= 15 is 0 Å². The number of hydrogen-bond donors (Lipinski definition) is 1. The van der Waals surface area contributed by atoms with Crippen molar-refractivity contribution in [3.05, 3.63) is 29.7 Å². The third-order valence-electron chi connectivity index (χ3n) is 4.44. The minimum absolute atomic E-state index is 0.127. The Morgan fingerprint density at radius 3 is 2.64 bits per heavy atom. The molecule has 8 nitrogen and oxygen atoms in total. The normalized spacial score (nSPS) is 15.2. The first-order valence-electron chi connectivity index (χ1n) is 9.73. The lowest BCUT2D eigenvalue weighted by Crippen LogP contribution is -2.52. The fraction of sp³-hybridized carbons (Fsp3) is 0.579. The van der Waals surface area contributed by atoms with E-state index in [1.165, 1.54) is 11.5 Å². The van der Waals surface area contributed by atoms with E-state index in [4.69, 9.17) is 4.74 Å².